The van der Waals surface area contributed by atoms with E-state index in [4.69, 9.17) is 0 Å². The van der Waals surface area contributed by atoms with E-state index in [1.807, 2.05) is 0 Å². The van der Waals surface area contributed by atoms with Gasteiger partial charge >= 0.3 is 0 Å². The quantitative estimate of drug-likeness (QED) is 0.774. The van der Waals surface area contributed by atoms with Crippen molar-refractivity contribution in [3.8, 4) is 0 Å². The number of aliphatic hydroxyl groups excluding tert-OH is 1. The van der Waals surface area contributed by atoms with E-state index in [2.05, 4.69) is 19.2 Å². The molecule has 0 saturated heterocycles. The van der Waals surface area contributed by atoms with Crippen molar-refractivity contribution in [2.45, 2.75) is 70.9 Å². The maximum absolute atomic E-state index is 9.78. The minimum Gasteiger partial charge on any atom is -0.393 e. The van der Waals surface area contributed by atoms with Gasteiger partial charge < -0.3 is 10.4 Å². The molecule has 2 aliphatic rings. The summed E-state index contributed by atoms with van der Waals surface area (Å²) < 4.78 is 0. The van der Waals surface area contributed by atoms with E-state index in [0.29, 0.717) is 17.4 Å². The molecule has 2 nitrogen and oxygen atoms in total. The molecule has 94 valence electrons. The van der Waals surface area contributed by atoms with Crippen molar-refractivity contribution >= 4 is 0 Å². The molecule has 0 aromatic rings. The first-order valence-corrected chi connectivity index (χ1v) is 6.98. The minimum absolute atomic E-state index is 0.0379. The summed E-state index contributed by atoms with van der Waals surface area (Å²) in [6.45, 7) is 5.79. The molecule has 2 N–H and O–H groups in total. The molecule has 16 heavy (non-hydrogen) atoms. The Morgan fingerprint density at radius 3 is 2.62 bits per heavy atom. The lowest BCUT2D eigenvalue weighted by molar-refractivity contribution is 0.123. The van der Waals surface area contributed by atoms with Gasteiger partial charge in [0.1, 0.15) is 0 Å². The average Bonchev–Trinajstić information content (AvgIpc) is 2.60. The molecular weight excluding hydrogens is 198 g/mol. The van der Waals surface area contributed by atoms with Crippen LogP contribution in [0.5, 0.6) is 0 Å². The first-order chi connectivity index (χ1) is 7.57. The summed E-state index contributed by atoms with van der Waals surface area (Å²) in [5, 5.41) is 13.5. The predicted octanol–water partition coefficient (Wildman–Crippen LogP) is 2.71. The first-order valence-electron chi connectivity index (χ1n) is 6.98. The van der Waals surface area contributed by atoms with Gasteiger partial charge in [0.25, 0.3) is 0 Å². The Bertz CT molecular complexity index is 227. The van der Waals surface area contributed by atoms with Crippen LogP contribution in [0, 0.1) is 11.3 Å². The standard InChI is InChI=1S/C14H27NO/c1-14(2)8-4-6-12(9-14)15-10-11-5-3-7-13(11)16/h11-13,15-16H,3-10H2,1-2H3. The van der Waals surface area contributed by atoms with E-state index in [-0.39, 0.29) is 6.10 Å². The lowest BCUT2D eigenvalue weighted by atomic mass is 9.75. The zero-order chi connectivity index (χ0) is 11.6. The Labute approximate surface area is 99.8 Å². The third-order valence-electron chi connectivity index (χ3n) is 4.49. The Kier molecular flexibility index (Phi) is 3.91. The number of hydrogen-bond donors (Lipinski definition) is 2. The Balaban J connectivity index is 1.73. The van der Waals surface area contributed by atoms with E-state index in [1.54, 1.807) is 0 Å². The van der Waals surface area contributed by atoms with E-state index in [9.17, 15) is 5.11 Å². The monoisotopic (exact) mass is 225 g/mol. The molecule has 0 radical (unpaired) electrons. The van der Waals surface area contributed by atoms with Crippen molar-refractivity contribution in [2.75, 3.05) is 6.54 Å². The molecule has 2 heteroatoms. The van der Waals surface area contributed by atoms with E-state index >= 15 is 0 Å². The number of nitrogens with one attached hydrogen (secondary N) is 1. The van der Waals surface area contributed by atoms with Crippen molar-refractivity contribution in [1.29, 1.82) is 0 Å². The molecule has 3 atom stereocenters. The highest BCUT2D eigenvalue weighted by molar-refractivity contribution is 4.85. The highest BCUT2D eigenvalue weighted by Gasteiger charge is 2.30. The second kappa shape index (κ2) is 5.05. The van der Waals surface area contributed by atoms with E-state index in [1.165, 1.54) is 38.5 Å². The summed E-state index contributed by atoms with van der Waals surface area (Å²) in [5.74, 6) is 0.519. The molecule has 0 aromatic heterocycles. The maximum atomic E-state index is 9.78. The second-order valence-corrected chi connectivity index (χ2v) is 6.62. The smallest absolute Gasteiger partial charge is 0.0580 e. The van der Waals surface area contributed by atoms with E-state index < -0.39 is 0 Å². The van der Waals surface area contributed by atoms with Gasteiger partial charge in [0.15, 0.2) is 0 Å². The molecule has 0 bridgehead atoms. The van der Waals surface area contributed by atoms with Crippen LogP contribution in [0.15, 0.2) is 0 Å². The van der Waals surface area contributed by atoms with Gasteiger partial charge in [0, 0.05) is 12.6 Å². The molecule has 0 amide bonds. The van der Waals surface area contributed by atoms with Crippen LogP contribution in [0.4, 0.5) is 0 Å². The van der Waals surface area contributed by atoms with Crippen LogP contribution in [-0.4, -0.2) is 23.8 Å². The van der Waals surface area contributed by atoms with Crippen LogP contribution in [-0.2, 0) is 0 Å². The SMILES string of the molecule is CC1(C)CCCC(NCC2CCCC2O)C1. The first kappa shape index (κ1) is 12.4. The van der Waals surface area contributed by atoms with Crippen molar-refractivity contribution in [3.05, 3.63) is 0 Å². The molecule has 2 saturated carbocycles. The third kappa shape index (κ3) is 3.21. The lowest BCUT2D eigenvalue weighted by Crippen LogP contribution is -2.40. The lowest BCUT2D eigenvalue weighted by Gasteiger charge is -2.36. The largest absolute Gasteiger partial charge is 0.393 e. The zero-order valence-electron chi connectivity index (χ0n) is 10.8. The Hall–Kier alpha value is -0.0800. The minimum atomic E-state index is -0.0379. The molecule has 2 fully saturated rings. The van der Waals surface area contributed by atoms with Crippen LogP contribution in [0.1, 0.15) is 58.8 Å². The second-order valence-electron chi connectivity index (χ2n) is 6.62. The van der Waals surface area contributed by atoms with Gasteiger partial charge in [-0.25, -0.2) is 0 Å². The van der Waals surface area contributed by atoms with Crippen LogP contribution >= 0.6 is 0 Å². The van der Waals surface area contributed by atoms with Crippen molar-refractivity contribution in [3.63, 3.8) is 0 Å². The van der Waals surface area contributed by atoms with Crippen LogP contribution < -0.4 is 5.32 Å². The van der Waals surface area contributed by atoms with Crippen molar-refractivity contribution < 1.29 is 5.11 Å². The van der Waals surface area contributed by atoms with Gasteiger partial charge in [0.2, 0.25) is 0 Å². The van der Waals surface area contributed by atoms with Crippen LogP contribution in [0.3, 0.4) is 0 Å². The summed E-state index contributed by atoms with van der Waals surface area (Å²) in [5.41, 5.74) is 0.518. The summed E-state index contributed by atoms with van der Waals surface area (Å²) in [6.07, 6.45) is 8.76. The average molecular weight is 225 g/mol. The Morgan fingerprint density at radius 2 is 2.00 bits per heavy atom. The van der Waals surface area contributed by atoms with Gasteiger partial charge in [-0.2, -0.15) is 0 Å². The summed E-state index contributed by atoms with van der Waals surface area (Å²) in [7, 11) is 0. The summed E-state index contributed by atoms with van der Waals surface area (Å²) in [6, 6.07) is 0.691. The van der Waals surface area contributed by atoms with E-state index in [0.717, 1.165) is 13.0 Å². The van der Waals surface area contributed by atoms with Gasteiger partial charge in [-0.15, -0.1) is 0 Å². The Morgan fingerprint density at radius 1 is 1.19 bits per heavy atom. The zero-order valence-corrected chi connectivity index (χ0v) is 10.8. The number of hydrogen-bond acceptors (Lipinski definition) is 2. The molecule has 0 heterocycles. The van der Waals surface area contributed by atoms with Gasteiger partial charge in [-0.1, -0.05) is 26.7 Å². The number of aliphatic hydroxyl groups is 1. The maximum Gasteiger partial charge on any atom is 0.0580 e. The fraction of sp³-hybridized carbons (Fsp3) is 1.00. The van der Waals surface area contributed by atoms with Crippen molar-refractivity contribution in [2.24, 2.45) is 11.3 Å². The van der Waals surface area contributed by atoms with Crippen LogP contribution in [0.25, 0.3) is 0 Å². The molecule has 3 unspecified atom stereocenters. The highest BCUT2D eigenvalue weighted by atomic mass is 16.3. The molecule has 2 aliphatic carbocycles. The fourth-order valence-corrected chi connectivity index (χ4v) is 3.45. The predicted molar refractivity (Wildman–Crippen MR) is 67.4 cm³/mol. The van der Waals surface area contributed by atoms with Crippen molar-refractivity contribution in [1.82, 2.24) is 5.32 Å². The molecule has 2 rings (SSSR count). The molecule has 0 aliphatic heterocycles. The third-order valence-corrected chi connectivity index (χ3v) is 4.49. The topological polar surface area (TPSA) is 32.3 Å². The summed E-state index contributed by atoms with van der Waals surface area (Å²) >= 11 is 0. The molecular formula is C14H27NO. The highest BCUT2D eigenvalue weighted by Crippen LogP contribution is 2.35. The van der Waals surface area contributed by atoms with Gasteiger partial charge in [-0.3, -0.25) is 0 Å². The normalized spacial score (nSPS) is 38.8. The fourth-order valence-electron chi connectivity index (χ4n) is 3.45. The van der Waals surface area contributed by atoms with Gasteiger partial charge in [0.05, 0.1) is 6.10 Å². The number of rotatable bonds is 3. The summed E-state index contributed by atoms with van der Waals surface area (Å²) in [4.78, 5) is 0. The van der Waals surface area contributed by atoms with Crippen LogP contribution in [0.2, 0.25) is 0 Å². The molecule has 0 spiro atoms. The molecule has 0 aromatic carbocycles. The van der Waals surface area contributed by atoms with Gasteiger partial charge in [-0.05, 0) is 43.4 Å².